The second kappa shape index (κ2) is 5.81. The molecule has 0 bridgehead atoms. The highest BCUT2D eigenvalue weighted by Crippen LogP contribution is 2.12. The number of nitrogens with one attached hydrogen (secondary N) is 1. The van der Waals surface area contributed by atoms with Gasteiger partial charge in [0.25, 0.3) is 5.69 Å². The van der Waals surface area contributed by atoms with Crippen LogP contribution < -0.4 is 5.32 Å². The first-order valence-corrected chi connectivity index (χ1v) is 6.06. The molecule has 0 aliphatic rings. The van der Waals surface area contributed by atoms with Gasteiger partial charge in [0.05, 0.1) is 17.7 Å². The summed E-state index contributed by atoms with van der Waals surface area (Å²) in [5.41, 5.74) is 1.07. The van der Waals surface area contributed by atoms with E-state index in [0.29, 0.717) is 18.2 Å². The van der Waals surface area contributed by atoms with Crippen molar-refractivity contribution in [3.8, 4) is 0 Å². The fourth-order valence-electron chi connectivity index (χ4n) is 1.64. The molecule has 1 heterocycles. The van der Waals surface area contributed by atoms with Crippen molar-refractivity contribution in [1.82, 2.24) is 14.9 Å². The van der Waals surface area contributed by atoms with Gasteiger partial charge in [0, 0.05) is 25.7 Å². The monoisotopic (exact) mass is 280 g/mol. The molecule has 1 N–H and O–H groups in total. The number of halogens is 1. The van der Waals surface area contributed by atoms with Crippen molar-refractivity contribution in [2.24, 2.45) is 7.05 Å². The summed E-state index contributed by atoms with van der Waals surface area (Å²) in [6, 6.07) is 6.45. The number of nitro benzene ring substituents is 1. The lowest BCUT2D eigenvalue weighted by atomic mass is 10.2. The summed E-state index contributed by atoms with van der Waals surface area (Å²) < 4.78 is 1.80. The van der Waals surface area contributed by atoms with E-state index < -0.39 is 4.92 Å². The molecule has 100 valence electrons. The van der Waals surface area contributed by atoms with E-state index in [4.69, 9.17) is 11.6 Å². The largest absolute Gasteiger partial charge is 0.321 e. The minimum atomic E-state index is -0.410. The molecular weight excluding hydrogens is 268 g/mol. The lowest BCUT2D eigenvalue weighted by Gasteiger charge is -2.05. The quantitative estimate of drug-likeness (QED) is 0.673. The number of imidazole rings is 1. The van der Waals surface area contributed by atoms with Gasteiger partial charge in [-0.05, 0) is 5.56 Å². The number of hydrogen-bond acceptors (Lipinski definition) is 4. The lowest BCUT2D eigenvalue weighted by Crippen LogP contribution is -2.15. The second-order valence-electron chi connectivity index (χ2n) is 4.08. The van der Waals surface area contributed by atoms with Crippen molar-refractivity contribution in [2.45, 2.75) is 13.1 Å². The number of benzene rings is 1. The molecule has 1 aromatic heterocycles. The van der Waals surface area contributed by atoms with E-state index in [9.17, 15) is 10.1 Å². The third-order valence-electron chi connectivity index (χ3n) is 2.79. The Hall–Kier alpha value is -1.92. The molecular formula is C12H13ClN4O2. The average molecular weight is 281 g/mol. The molecule has 0 aliphatic heterocycles. The van der Waals surface area contributed by atoms with Gasteiger partial charge < -0.3 is 9.88 Å². The predicted octanol–water partition coefficient (Wildman–Crippen LogP) is 2.27. The second-order valence-corrected chi connectivity index (χ2v) is 4.47. The minimum Gasteiger partial charge on any atom is -0.321 e. The van der Waals surface area contributed by atoms with Gasteiger partial charge in [0.2, 0.25) is 0 Å². The van der Waals surface area contributed by atoms with Gasteiger partial charge in [0.15, 0.2) is 0 Å². The van der Waals surface area contributed by atoms with Crippen LogP contribution in [0.4, 0.5) is 5.69 Å². The highest BCUT2D eigenvalue weighted by molar-refractivity contribution is 6.29. The van der Waals surface area contributed by atoms with Crippen molar-refractivity contribution in [3.63, 3.8) is 0 Å². The van der Waals surface area contributed by atoms with E-state index >= 15 is 0 Å². The smallest absolute Gasteiger partial charge is 0.269 e. The maximum Gasteiger partial charge on any atom is 0.269 e. The lowest BCUT2D eigenvalue weighted by molar-refractivity contribution is -0.384. The third kappa shape index (κ3) is 3.30. The molecule has 6 nitrogen and oxygen atoms in total. The maximum atomic E-state index is 10.5. The van der Waals surface area contributed by atoms with Crippen molar-refractivity contribution >= 4 is 17.3 Å². The predicted molar refractivity (Wildman–Crippen MR) is 71.9 cm³/mol. The molecule has 7 heteroatoms. The van der Waals surface area contributed by atoms with Gasteiger partial charge in [-0.25, -0.2) is 4.98 Å². The van der Waals surface area contributed by atoms with Crippen molar-refractivity contribution in [1.29, 1.82) is 0 Å². The van der Waals surface area contributed by atoms with Crippen LogP contribution in [0.25, 0.3) is 0 Å². The summed E-state index contributed by atoms with van der Waals surface area (Å²) in [7, 11) is 1.85. The van der Waals surface area contributed by atoms with E-state index in [2.05, 4.69) is 10.3 Å². The summed E-state index contributed by atoms with van der Waals surface area (Å²) in [6.45, 7) is 1.20. The van der Waals surface area contributed by atoms with E-state index in [1.165, 1.54) is 12.1 Å². The van der Waals surface area contributed by atoms with E-state index in [1.807, 2.05) is 7.05 Å². The molecule has 0 unspecified atom stereocenters. The van der Waals surface area contributed by atoms with Gasteiger partial charge in [-0.2, -0.15) is 0 Å². The Labute approximate surface area is 115 Å². The summed E-state index contributed by atoms with van der Waals surface area (Å²) in [5, 5.41) is 14.3. The summed E-state index contributed by atoms with van der Waals surface area (Å²) in [5.74, 6) is 0.840. The zero-order valence-electron chi connectivity index (χ0n) is 10.3. The first kappa shape index (κ1) is 13.5. The van der Waals surface area contributed by atoms with Crippen molar-refractivity contribution < 1.29 is 4.92 Å². The zero-order chi connectivity index (χ0) is 13.8. The van der Waals surface area contributed by atoms with E-state index in [-0.39, 0.29) is 5.69 Å². The van der Waals surface area contributed by atoms with Gasteiger partial charge in [-0.15, -0.1) is 0 Å². The highest BCUT2D eigenvalue weighted by atomic mass is 35.5. The Kier molecular flexibility index (Phi) is 4.13. The van der Waals surface area contributed by atoms with Crippen LogP contribution in [0.15, 0.2) is 30.5 Å². The Balaban J connectivity index is 1.89. The van der Waals surface area contributed by atoms with Crippen LogP contribution >= 0.6 is 11.6 Å². The molecule has 0 fully saturated rings. The first-order chi connectivity index (χ1) is 9.08. The van der Waals surface area contributed by atoms with Crippen LogP contribution in [0, 0.1) is 10.1 Å². The summed E-state index contributed by atoms with van der Waals surface area (Å²) in [4.78, 5) is 14.3. The maximum absolute atomic E-state index is 10.5. The fourth-order valence-corrected chi connectivity index (χ4v) is 1.79. The molecule has 2 aromatic rings. The molecule has 0 saturated carbocycles. The standard InChI is InChI=1S/C12H13ClN4O2/c1-16-11(13)7-15-12(16)8-14-6-9-2-4-10(5-3-9)17(18)19/h2-5,7,14H,6,8H2,1H3. The van der Waals surface area contributed by atoms with E-state index in [0.717, 1.165) is 11.4 Å². The van der Waals surface area contributed by atoms with Crippen LogP contribution in [0.3, 0.4) is 0 Å². The zero-order valence-corrected chi connectivity index (χ0v) is 11.1. The number of nitrogens with zero attached hydrogens (tertiary/aromatic N) is 3. The number of non-ortho nitro benzene ring substituents is 1. The Morgan fingerprint density at radius 2 is 2.05 bits per heavy atom. The molecule has 0 amide bonds. The third-order valence-corrected chi connectivity index (χ3v) is 3.14. The number of nitro groups is 1. The normalized spacial score (nSPS) is 10.6. The van der Waals surface area contributed by atoms with Crippen LogP contribution in [-0.4, -0.2) is 14.5 Å². The van der Waals surface area contributed by atoms with Crippen molar-refractivity contribution in [3.05, 3.63) is 57.1 Å². The Bertz CT molecular complexity index is 580. The van der Waals surface area contributed by atoms with Crippen LogP contribution in [0.1, 0.15) is 11.4 Å². The molecule has 2 rings (SSSR count). The minimum absolute atomic E-state index is 0.0969. The molecule has 0 saturated heterocycles. The number of hydrogen-bond donors (Lipinski definition) is 1. The van der Waals surface area contributed by atoms with Gasteiger partial charge in [-0.3, -0.25) is 10.1 Å². The Morgan fingerprint density at radius 1 is 1.37 bits per heavy atom. The molecule has 19 heavy (non-hydrogen) atoms. The first-order valence-electron chi connectivity index (χ1n) is 5.68. The summed E-state index contributed by atoms with van der Waals surface area (Å²) in [6.07, 6.45) is 1.60. The fraction of sp³-hybridized carbons (Fsp3) is 0.250. The van der Waals surface area contributed by atoms with Gasteiger partial charge in [-0.1, -0.05) is 23.7 Å². The van der Waals surface area contributed by atoms with Crippen molar-refractivity contribution in [2.75, 3.05) is 0 Å². The van der Waals surface area contributed by atoms with E-state index in [1.54, 1.807) is 22.9 Å². The Morgan fingerprint density at radius 3 is 2.58 bits per heavy atom. The molecule has 0 spiro atoms. The molecule has 0 atom stereocenters. The highest BCUT2D eigenvalue weighted by Gasteiger charge is 2.05. The van der Waals surface area contributed by atoms with Gasteiger partial charge in [0.1, 0.15) is 11.0 Å². The van der Waals surface area contributed by atoms with Gasteiger partial charge >= 0.3 is 0 Å². The molecule has 0 aliphatic carbocycles. The molecule has 1 aromatic carbocycles. The van der Waals surface area contributed by atoms with Crippen LogP contribution in [-0.2, 0) is 20.1 Å². The topological polar surface area (TPSA) is 73.0 Å². The van der Waals surface area contributed by atoms with Crippen LogP contribution in [0.2, 0.25) is 5.15 Å². The average Bonchev–Trinajstić information content (AvgIpc) is 2.71. The SMILES string of the molecule is Cn1c(Cl)cnc1CNCc1ccc([N+](=O)[O-])cc1. The number of aromatic nitrogens is 2. The number of rotatable bonds is 5. The summed E-state index contributed by atoms with van der Waals surface area (Å²) >= 11 is 5.88. The van der Waals surface area contributed by atoms with Crippen LogP contribution in [0.5, 0.6) is 0 Å². The molecule has 0 radical (unpaired) electrons.